The number of hydrogen-bond donors (Lipinski definition) is 1. The molecule has 0 aliphatic carbocycles. The Morgan fingerprint density at radius 2 is 2.00 bits per heavy atom. The average molecular weight is 130 g/mol. The van der Waals surface area contributed by atoms with E-state index < -0.39 is 0 Å². The molecule has 1 atom stereocenters. The lowest BCUT2D eigenvalue weighted by atomic mass is 10.2. The van der Waals surface area contributed by atoms with Gasteiger partial charge in [-0.1, -0.05) is 6.92 Å². The normalized spacial score (nSPS) is 14.3. The fraction of sp³-hybridized carbons (Fsp3) is 1.00. The minimum absolute atomic E-state index is 0.653. The standard InChI is InChI=1S/C7H18N2/c1-5-7(8-2)6-9(3)4/h7-8H,5-6H2,1-4H3/t7-/m1/s1. The Labute approximate surface area is 58.2 Å². The summed E-state index contributed by atoms with van der Waals surface area (Å²) in [7, 11) is 6.21. The van der Waals surface area contributed by atoms with E-state index in [9.17, 15) is 0 Å². The summed E-state index contributed by atoms with van der Waals surface area (Å²) in [6.07, 6.45) is 1.20. The summed E-state index contributed by atoms with van der Waals surface area (Å²) in [5, 5.41) is 3.24. The van der Waals surface area contributed by atoms with Gasteiger partial charge in [0.05, 0.1) is 0 Å². The molecule has 0 fully saturated rings. The van der Waals surface area contributed by atoms with Crippen LogP contribution < -0.4 is 5.32 Å². The molecule has 0 amide bonds. The zero-order chi connectivity index (χ0) is 7.28. The summed E-state index contributed by atoms with van der Waals surface area (Å²) in [6, 6.07) is 0.653. The van der Waals surface area contributed by atoms with Gasteiger partial charge >= 0.3 is 0 Å². The molecule has 0 saturated carbocycles. The van der Waals surface area contributed by atoms with Crippen LogP contribution in [0.25, 0.3) is 0 Å². The van der Waals surface area contributed by atoms with Crippen LogP contribution in [-0.2, 0) is 0 Å². The maximum absolute atomic E-state index is 3.24. The first kappa shape index (κ1) is 8.92. The Hall–Kier alpha value is -0.0800. The van der Waals surface area contributed by atoms with Crippen LogP contribution in [0.2, 0.25) is 0 Å². The van der Waals surface area contributed by atoms with E-state index in [1.54, 1.807) is 0 Å². The molecular weight excluding hydrogens is 112 g/mol. The van der Waals surface area contributed by atoms with E-state index in [0.29, 0.717) is 6.04 Å². The highest BCUT2D eigenvalue weighted by molar-refractivity contribution is 4.63. The summed E-state index contributed by atoms with van der Waals surface area (Å²) in [5.74, 6) is 0. The molecule has 2 heteroatoms. The maximum atomic E-state index is 3.24. The molecule has 9 heavy (non-hydrogen) atoms. The van der Waals surface area contributed by atoms with Crippen molar-refractivity contribution in [2.75, 3.05) is 27.7 Å². The first-order valence-electron chi connectivity index (χ1n) is 3.52. The van der Waals surface area contributed by atoms with E-state index in [1.165, 1.54) is 6.42 Å². The molecule has 0 bridgehead atoms. The molecule has 1 N–H and O–H groups in total. The number of rotatable bonds is 4. The van der Waals surface area contributed by atoms with Crippen molar-refractivity contribution in [1.82, 2.24) is 10.2 Å². The molecule has 0 heterocycles. The van der Waals surface area contributed by atoms with E-state index >= 15 is 0 Å². The molecule has 0 spiro atoms. The van der Waals surface area contributed by atoms with Gasteiger partial charge in [-0.15, -0.1) is 0 Å². The van der Waals surface area contributed by atoms with Gasteiger partial charge in [-0.05, 0) is 27.6 Å². The first-order chi connectivity index (χ1) is 4.20. The molecule has 0 aromatic heterocycles. The average Bonchev–Trinajstić information content (AvgIpc) is 1.82. The fourth-order valence-electron chi connectivity index (χ4n) is 0.865. The molecule has 0 aromatic rings. The summed E-state index contributed by atoms with van der Waals surface area (Å²) >= 11 is 0. The molecule has 0 rings (SSSR count). The van der Waals surface area contributed by atoms with Crippen molar-refractivity contribution in [3.8, 4) is 0 Å². The minimum Gasteiger partial charge on any atom is -0.316 e. The monoisotopic (exact) mass is 130 g/mol. The Morgan fingerprint density at radius 3 is 2.11 bits per heavy atom. The lowest BCUT2D eigenvalue weighted by Gasteiger charge is -2.18. The topological polar surface area (TPSA) is 15.3 Å². The molecule has 0 unspecified atom stereocenters. The number of nitrogens with one attached hydrogen (secondary N) is 1. The van der Waals surface area contributed by atoms with Gasteiger partial charge in [-0.3, -0.25) is 0 Å². The van der Waals surface area contributed by atoms with Crippen molar-refractivity contribution in [1.29, 1.82) is 0 Å². The predicted octanol–water partition coefficient (Wildman–Crippen LogP) is 0.546. The Morgan fingerprint density at radius 1 is 1.44 bits per heavy atom. The first-order valence-corrected chi connectivity index (χ1v) is 3.52. The van der Waals surface area contributed by atoms with Gasteiger partial charge < -0.3 is 10.2 Å². The number of nitrogens with zero attached hydrogens (tertiary/aromatic N) is 1. The third-order valence-corrected chi connectivity index (χ3v) is 1.49. The van der Waals surface area contributed by atoms with Crippen LogP contribution >= 0.6 is 0 Å². The van der Waals surface area contributed by atoms with Crippen molar-refractivity contribution in [3.63, 3.8) is 0 Å². The van der Waals surface area contributed by atoms with E-state index in [2.05, 4.69) is 31.2 Å². The fourth-order valence-corrected chi connectivity index (χ4v) is 0.865. The van der Waals surface area contributed by atoms with Crippen LogP contribution in [0, 0.1) is 0 Å². The molecule has 0 radical (unpaired) electrons. The van der Waals surface area contributed by atoms with Crippen molar-refractivity contribution < 1.29 is 0 Å². The van der Waals surface area contributed by atoms with Crippen LogP contribution in [0.3, 0.4) is 0 Å². The Balaban J connectivity index is 3.31. The van der Waals surface area contributed by atoms with Gasteiger partial charge in [0.2, 0.25) is 0 Å². The minimum atomic E-state index is 0.653. The van der Waals surface area contributed by atoms with Gasteiger partial charge in [-0.2, -0.15) is 0 Å². The molecule has 56 valence electrons. The zero-order valence-electron chi connectivity index (χ0n) is 6.94. The van der Waals surface area contributed by atoms with Gasteiger partial charge in [0.25, 0.3) is 0 Å². The van der Waals surface area contributed by atoms with Crippen LogP contribution in [-0.4, -0.2) is 38.6 Å². The SMILES string of the molecule is CC[C@H](CN(C)C)NC. The second kappa shape index (κ2) is 4.77. The maximum Gasteiger partial charge on any atom is 0.0189 e. The molecule has 0 aliphatic rings. The summed E-state index contributed by atoms with van der Waals surface area (Å²) in [5.41, 5.74) is 0. The number of hydrogen-bond acceptors (Lipinski definition) is 2. The summed E-state index contributed by atoms with van der Waals surface area (Å²) < 4.78 is 0. The molecule has 0 aliphatic heterocycles. The van der Waals surface area contributed by atoms with Crippen molar-refractivity contribution in [3.05, 3.63) is 0 Å². The van der Waals surface area contributed by atoms with E-state index in [0.717, 1.165) is 6.54 Å². The molecule has 0 aromatic carbocycles. The molecular formula is C7H18N2. The highest BCUT2D eigenvalue weighted by atomic mass is 15.1. The van der Waals surface area contributed by atoms with Crippen molar-refractivity contribution >= 4 is 0 Å². The largest absolute Gasteiger partial charge is 0.316 e. The van der Waals surface area contributed by atoms with Gasteiger partial charge in [0.1, 0.15) is 0 Å². The quantitative estimate of drug-likeness (QED) is 0.597. The predicted molar refractivity (Wildman–Crippen MR) is 41.7 cm³/mol. The third-order valence-electron chi connectivity index (χ3n) is 1.49. The van der Waals surface area contributed by atoms with E-state index in [-0.39, 0.29) is 0 Å². The second-order valence-electron chi connectivity index (χ2n) is 2.66. The van der Waals surface area contributed by atoms with E-state index in [4.69, 9.17) is 0 Å². The lowest BCUT2D eigenvalue weighted by molar-refractivity contribution is 0.343. The van der Waals surface area contributed by atoms with E-state index in [1.807, 2.05) is 7.05 Å². The summed E-state index contributed by atoms with van der Waals surface area (Å²) in [6.45, 7) is 3.33. The smallest absolute Gasteiger partial charge is 0.0189 e. The van der Waals surface area contributed by atoms with Crippen LogP contribution in [0.15, 0.2) is 0 Å². The third kappa shape index (κ3) is 4.43. The molecule has 2 nitrogen and oxygen atoms in total. The highest BCUT2D eigenvalue weighted by Gasteiger charge is 2.01. The van der Waals surface area contributed by atoms with Crippen LogP contribution in [0.5, 0.6) is 0 Å². The highest BCUT2D eigenvalue weighted by Crippen LogP contribution is 1.89. The Kier molecular flexibility index (Phi) is 4.72. The lowest BCUT2D eigenvalue weighted by Crippen LogP contribution is -2.35. The molecule has 0 saturated heterocycles. The van der Waals surface area contributed by atoms with Gasteiger partial charge in [0, 0.05) is 12.6 Å². The summed E-state index contributed by atoms with van der Waals surface area (Å²) in [4.78, 5) is 2.20. The van der Waals surface area contributed by atoms with Crippen LogP contribution in [0.1, 0.15) is 13.3 Å². The second-order valence-corrected chi connectivity index (χ2v) is 2.66. The van der Waals surface area contributed by atoms with Gasteiger partial charge in [0.15, 0.2) is 0 Å². The Bertz CT molecular complexity index is 57.9. The van der Waals surface area contributed by atoms with Gasteiger partial charge in [-0.25, -0.2) is 0 Å². The van der Waals surface area contributed by atoms with Crippen molar-refractivity contribution in [2.45, 2.75) is 19.4 Å². The van der Waals surface area contributed by atoms with Crippen LogP contribution in [0.4, 0.5) is 0 Å². The zero-order valence-corrected chi connectivity index (χ0v) is 6.94. The number of likely N-dealkylation sites (N-methyl/N-ethyl adjacent to an activating group) is 2. The van der Waals surface area contributed by atoms with Crippen molar-refractivity contribution in [2.24, 2.45) is 0 Å².